The van der Waals surface area contributed by atoms with Crippen LogP contribution in [0.15, 0.2) is 0 Å². The maximum absolute atomic E-state index is 5.08. The molecular formula is C5H10B2SY-. The van der Waals surface area contributed by atoms with Gasteiger partial charge in [-0.3, -0.25) is 0 Å². The van der Waals surface area contributed by atoms with Crippen molar-refractivity contribution < 1.29 is 32.7 Å². The van der Waals surface area contributed by atoms with Crippen LogP contribution in [0.3, 0.4) is 0 Å². The zero-order valence-electron chi connectivity index (χ0n) is 6.05. The molecule has 0 unspecified atom stereocenters. The molecule has 0 saturated carbocycles. The van der Waals surface area contributed by atoms with Crippen LogP contribution in [-0.2, 0) is 45.3 Å². The maximum atomic E-state index is 5.08. The van der Waals surface area contributed by atoms with Gasteiger partial charge in [0.25, 0.3) is 0 Å². The Hall–Kier alpha value is 1.45. The molecule has 9 heavy (non-hydrogen) atoms. The van der Waals surface area contributed by atoms with E-state index in [0.717, 1.165) is 12.2 Å². The number of hydrogen-bond donors (Lipinski definition) is 0. The van der Waals surface area contributed by atoms with Crippen molar-refractivity contribution in [3.63, 3.8) is 0 Å². The third-order valence-electron chi connectivity index (χ3n) is 0.679. The second kappa shape index (κ2) is 16.2. The summed E-state index contributed by atoms with van der Waals surface area (Å²) in [5.74, 6) is 1.13. The van der Waals surface area contributed by atoms with Gasteiger partial charge in [-0.2, -0.15) is 6.26 Å². The minimum Gasteiger partial charge on any atom is -0.796 e. The smallest absolute Gasteiger partial charge is 0.334 e. The molecule has 0 amide bonds. The second-order valence-electron chi connectivity index (χ2n) is 1.26. The fourth-order valence-electron chi connectivity index (χ4n) is 0.0833. The summed E-state index contributed by atoms with van der Waals surface area (Å²) in [6.07, 6.45) is 2.40. The Kier molecular flexibility index (Phi) is 30.3. The summed E-state index contributed by atoms with van der Waals surface area (Å²) in [7, 11) is 6.66. The zero-order valence-corrected chi connectivity index (χ0v) is 9.71. The van der Waals surface area contributed by atoms with Gasteiger partial charge < -0.3 is 19.6 Å². The summed E-state index contributed by atoms with van der Waals surface area (Å²) in [4.78, 5) is 0. The molecule has 0 spiro atoms. The van der Waals surface area contributed by atoms with Crippen molar-refractivity contribution in [3.05, 3.63) is 12.7 Å². The van der Waals surface area contributed by atoms with Gasteiger partial charge in [0.05, 0.1) is 14.7 Å². The summed E-state index contributed by atoms with van der Waals surface area (Å²) in [5, 5.41) is 0. The Balaban J connectivity index is -0.000000109. The Morgan fingerprint density at radius 1 is 1.67 bits per heavy atom. The van der Waals surface area contributed by atoms with E-state index < -0.39 is 0 Å². The van der Waals surface area contributed by atoms with Gasteiger partial charge in [0.1, 0.15) is 0 Å². The Morgan fingerprint density at radius 2 is 2.00 bits per heavy atom. The minimum absolute atomic E-state index is 0. The molecule has 0 aromatic rings. The average molecular weight is 213 g/mol. The fourth-order valence-corrected chi connectivity index (χ4v) is 0.0833. The quantitative estimate of drug-likeness (QED) is 0.369. The molecule has 0 aromatic carbocycles. The van der Waals surface area contributed by atoms with E-state index in [2.05, 4.69) is 19.6 Å². The van der Waals surface area contributed by atoms with E-state index in [-0.39, 0.29) is 32.7 Å². The molecule has 0 aliphatic heterocycles. The zero-order chi connectivity index (χ0) is 6.99. The Morgan fingerprint density at radius 3 is 2.00 bits per heavy atom. The molecule has 0 bridgehead atoms. The summed E-state index contributed by atoms with van der Waals surface area (Å²) in [6.45, 7) is 5.56. The van der Waals surface area contributed by atoms with Crippen LogP contribution in [-0.4, -0.2) is 21.2 Å². The van der Waals surface area contributed by atoms with Crippen molar-refractivity contribution in [3.8, 4) is 0 Å². The Labute approximate surface area is 91.9 Å². The first-order valence-corrected chi connectivity index (χ1v) is 3.20. The molecule has 0 saturated heterocycles. The van der Waals surface area contributed by atoms with Gasteiger partial charge in [-0.1, -0.05) is 6.42 Å². The topological polar surface area (TPSA) is 0 Å². The van der Waals surface area contributed by atoms with Crippen molar-refractivity contribution in [1.29, 1.82) is 0 Å². The normalized spacial score (nSPS) is 5.78. The van der Waals surface area contributed by atoms with E-state index in [0.29, 0.717) is 0 Å². The van der Waals surface area contributed by atoms with Crippen LogP contribution in [0.4, 0.5) is 0 Å². The van der Waals surface area contributed by atoms with Crippen LogP contribution in [0, 0.1) is 12.7 Å². The molecule has 0 N–H and O–H groups in total. The number of hydrogen-bond acceptors (Lipinski definition) is 1. The monoisotopic (exact) mass is 213 g/mol. The van der Waals surface area contributed by atoms with Crippen molar-refractivity contribution in [2.24, 2.45) is 0 Å². The van der Waals surface area contributed by atoms with Crippen molar-refractivity contribution in [2.75, 3.05) is 6.26 Å². The van der Waals surface area contributed by atoms with E-state index in [9.17, 15) is 0 Å². The molecule has 0 atom stereocenters. The largest absolute Gasteiger partial charge is 0.796 e. The summed E-state index contributed by atoms with van der Waals surface area (Å²) >= 11 is 4.08. The van der Waals surface area contributed by atoms with Crippen LogP contribution >= 0.6 is 0 Å². The van der Waals surface area contributed by atoms with E-state index >= 15 is 0 Å². The van der Waals surface area contributed by atoms with Crippen molar-refractivity contribution in [2.45, 2.75) is 13.3 Å². The van der Waals surface area contributed by atoms with Crippen molar-refractivity contribution >= 4 is 27.5 Å². The molecule has 46 valence electrons. The van der Waals surface area contributed by atoms with Crippen LogP contribution in [0.5, 0.6) is 0 Å². The summed E-state index contributed by atoms with van der Waals surface area (Å²) in [6, 6.07) is 0. The number of rotatable bonds is 2. The molecule has 0 aliphatic carbocycles. The third-order valence-corrected chi connectivity index (χ3v) is 0.679. The van der Waals surface area contributed by atoms with Gasteiger partial charge in [0.2, 0.25) is 0 Å². The molecule has 0 aliphatic rings. The summed E-state index contributed by atoms with van der Waals surface area (Å²) in [5.41, 5.74) is 0. The van der Waals surface area contributed by atoms with Crippen molar-refractivity contribution in [1.82, 2.24) is 0 Å². The predicted molar refractivity (Wildman–Crippen MR) is 43.7 cm³/mol. The summed E-state index contributed by atoms with van der Waals surface area (Å²) < 4.78 is 0. The minimum atomic E-state index is 0. The molecule has 0 aromatic heterocycles. The van der Waals surface area contributed by atoms with Gasteiger partial charge in [-0.15, -0.1) is 0 Å². The van der Waals surface area contributed by atoms with Gasteiger partial charge in [-0.05, 0) is 5.82 Å². The molecule has 0 fully saturated rings. The molecular weight excluding hydrogens is 203 g/mol. The van der Waals surface area contributed by atoms with E-state index in [1.165, 1.54) is 0 Å². The molecule has 4 radical (unpaired) electrons. The molecule has 0 rings (SSSR count). The van der Waals surface area contributed by atoms with Gasteiger partial charge in [0.15, 0.2) is 0 Å². The van der Waals surface area contributed by atoms with Crippen LogP contribution in [0.1, 0.15) is 13.3 Å². The predicted octanol–water partition coefficient (Wildman–Crippen LogP) is 0.711. The van der Waals surface area contributed by atoms with Gasteiger partial charge in [-0.25, -0.2) is 0 Å². The van der Waals surface area contributed by atoms with Gasteiger partial charge in [0, 0.05) is 32.7 Å². The standard InChI is InChI=1S/C4H7B2.CH4S.Y/c1-3-4(2)6-5;1-2;/h1,3H2,2H3;2H,1H3;/p-1. The van der Waals surface area contributed by atoms with Crippen LogP contribution in [0.25, 0.3) is 0 Å². The second-order valence-corrected chi connectivity index (χ2v) is 1.26. The maximum Gasteiger partial charge on any atom is 0.334 e. The molecule has 4 heteroatoms. The molecule has 0 heterocycles. The van der Waals surface area contributed by atoms with E-state index in [4.69, 9.17) is 7.74 Å². The van der Waals surface area contributed by atoms with E-state index in [1.54, 1.807) is 13.4 Å². The van der Waals surface area contributed by atoms with E-state index in [1.807, 2.05) is 6.92 Å². The van der Waals surface area contributed by atoms with Crippen LogP contribution in [0.2, 0.25) is 0 Å². The fraction of sp³-hybridized carbons (Fsp3) is 0.600. The van der Waals surface area contributed by atoms with Crippen LogP contribution < -0.4 is 0 Å². The third kappa shape index (κ3) is 17.7. The molecule has 0 nitrogen and oxygen atoms in total. The first-order chi connectivity index (χ1) is 3.81. The average Bonchev–Trinajstić information content (AvgIpc) is 1.91. The first-order valence-electron chi connectivity index (χ1n) is 2.38. The van der Waals surface area contributed by atoms with Gasteiger partial charge >= 0.3 is 7.17 Å². The first kappa shape index (κ1) is 16.8. The SMILES string of the molecule is C[S-].[B][B][C+](C)C[CH2-].[Y]. The Bertz CT molecular complexity index is 34.1.